The van der Waals surface area contributed by atoms with E-state index in [9.17, 15) is 14.0 Å². The number of anilines is 2. The van der Waals surface area contributed by atoms with Crippen LogP contribution in [0.2, 0.25) is 0 Å². The minimum atomic E-state index is -0.420. The number of halogens is 1. The van der Waals surface area contributed by atoms with Crippen molar-refractivity contribution in [3.05, 3.63) is 53.0 Å². The smallest absolute Gasteiger partial charge is 0.350 e. The topological polar surface area (TPSA) is 84.5 Å². The molecule has 0 bridgehead atoms. The largest absolute Gasteiger partial charge is 0.353 e. The van der Waals surface area contributed by atoms with Crippen LogP contribution < -0.4 is 15.9 Å². The number of hydrogen-bond acceptors (Lipinski definition) is 5. The molecule has 1 aliphatic rings. The maximum Gasteiger partial charge on any atom is 0.350 e. The van der Waals surface area contributed by atoms with Gasteiger partial charge in [0, 0.05) is 31.2 Å². The Morgan fingerprint density at radius 2 is 1.90 bits per heavy atom. The van der Waals surface area contributed by atoms with Crippen LogP contribution in [0.1, 0.15) is 20.3 Å². The molecule has 0 spiro atoms. The van der Waals surface area contributed by atoms with Crippen molar-refractivity contribution in [2.45, 2.75) is 26.8 Å². The average molecular weight is 398 g/mol. The molecule has 1 fully saturated rings. The molecular formula is C20H23FN6O2. The Balaban J connectivity index is 1.59. The molecule has 2 atom stereocenters. The molecule has 0 aliphatic carbocycles. The number of piperidine rings is 1. The predicted molar refractivity (Wildman–Crippen MR) is 107 cm³/mol. The van der Waals surface area contributed by atoms with E-state index in [-0.39, 0.29) is 12.4 Å². The number of carbonyl (C=O) groups excluding carboxylic acids is 1. The van der Waals surface area contributed by atoms with Gasteiger partial charge in [-0.1, -0.05) is 13.8 Å². The molecule has 1 amide bonds. The predicted octanol–water partition coefficient (Wildman–Crippen LogP) is 2.15. The fourth-order valence-electron chi connectivity index (χ4n) is 3.97. The Morgan fingerprint density at radius 3 is 2.59 bits per heavy atom. The minimum absolute atomic E-state index is 0.246. The van der Waals surface area contributed by atoms with Gasteiger partial charge in [-0.3, -0.25) is 4.79 Å². The lowest BCUT2D eigenvalue weighted by Crippen LogP contribution is -2.39. The maximum atomic E-state index is 13.0. The summed E-state index contributed by atoms with van der Waals surface area (Å²) in [4.78, 5) is 31.7. The van der Waals surface area contributed by atoms with Crippen molar-refractivity contribution < 1.29 is 9.18 Å². The zero-order valence-electron chi connectivity index (χ0n) is 16.4. The summed E-state index contributed by atoms with van der Waals surface area (Å²) in [5, 5.41) is 7.01. The monoisotopic (exact) mass is 398 g/mol. The molecule has 3 aromatic rings. The van der Waals surface area contributed by atoms with Gasteiger partial charge in [-0.2, -0.15) is 0 Å². The minimum Gasteiger partial charge on any atom is -0.353 e. The van der Waals surface area contributed by atoms with Crippen molar-refractivity contribution in [1.82, 2.24) is 19.2 Å². The van der Waals surface area contributed by atoms with Crippen molar-refractivity contribution in [2.75, 3.05) is 23.3 Å². The summed E-state index contributed by atoms with van der Waals surface area (Å²) in [7, 11) is 0. The van der Waals surface area contributed by atoms with Crippen LogP contribution >= 0.6 is 0 Å². The zero-order chi connectivity index (χ0) is 20.5. The molecule has 1 N–H and O–H groups in total. The van der Waals surface area contributed by atoms with E-state index in [1.54, 1.807) is 12.4 Å². The van der Waals surface area contributed by atoms with Crippen LogP contribution in [0.5, 0.6) is 0 Å². The Bertz CT molecular complexity index is 1080. The van der Waals surface area contributed by atoms with E-state index < -0.39 is 11.6 Å². The Labute approximate surface area is 167 Å². The fourth-order valence-corrected chi connectivity index (χ4v) is 3.97. The summed E-state index contributed by atoms with van der Waals surface area (Å²) in [6.45, 7) is 5.86. The van der Waals surface area contributed by atoms with Gasteiger partial charge in [0.15, 0.2) is 5.82 Å². The van der Waals surface area contributed by atoms with E-state index in [0.717, 1.165) is 24.2 Å². The third kappa shape index (κ3) is 3.98. The molecule has 1 aromatic carbocycles. The number of hydrogen-bond donors (Lipinski definition) is 1. The Morgan fingerprint density at radius 1 is 1.21 bits per heavy atom. The summed E-state index contributed by atoms with van der Waals surface area (Å²) in [5.74, 6) is 0.894. The highest BCUT2D eigenvalue weighted by molar-refractivity contribution is 5.90. The number of aromatic nitrogens is 4. The third-order valence-corrected chi connectivity index (χ3v) is 5.07. The highest BCUT2D eigenvalue weighted by Gasteiger charge is 2.25. The SMILES string of the molecule is CC1CC(C)CN(c2nccn3c(=O)n(CC(=O)Nc4ccc(F)cc4)nc23)C1. The second-order valence-electron chi connectivity index (χ2n) is 7.79. The quantitative estimate of drug-likeness (QED) is 0.728. The average Bonchev–Trinajstić information content (AvgIpc) is 2.98. The second kappa shape index (κ2) is 7.65. The molecule has 29 heavy (non-hydrogen) atoms. The lowest BCUT2D eigenvalue weighted by atomic mass is 9.92. The van der Waals surface area contributed by atoms with E-state index in [1.807, 2.05) is 0 Å². The summed E-state index contributed by atoms with van der Waals surface area (Å²) in [6.07, 6.45) is 4.29. The molecule has 2 unspecified atom stereocenters. The molecule has 8 nitrogen and oxygen atoms in total. The Hall–Kier alpha value is -3.23. The van der Waals surface area contributed by atoms with Crippen LogP contribution in [0, 0.1) is 17.7 Å². The first-order valence-corrected chi connectivity index (χ1v) is 9.65. The van der Waals surface area contributed by atoms with Crippen LogP contribution in [-0.2, 0) is 11.3 Å². The molecule has 0 radical (unpaired) electrons. The van der Waals surface area contributed by atoms with E-state index in [4.69, 9.17) is 0 Å². The van der Waals surface area contributed by atoms with Crippen LogP contribution in [-0.4, -0.2) is 38.2 Å². The van der Waals surface area contributed by atoms with Crippen LogP contribution in [0.15, 0.2) is 41.5 Å². The van der Waals surface area contributed by atoms with Crippen molar-refractivity contribution in [2.24, 2.45) is 11.8 Å². The van der Waals surface area contributed by atoms with Gasteiger partial charge >= 0.3 is 5.69 Å². The van der Waals surface area contributed by atoms with Crippen LogP contribution in [0.25, 0.3) is 5.65 Å². The van der Waals surface area contributed by atoms with Crippen LogP contribution in [0.3, 0.4) is 0 Å². The number of benzene rings is 1. The number of nitrogens with zero attached hydrogens (tertiary/aromatic N) is 5. The van der Waals surface area contributed by atoms with Gasteiger partial charge in [0.1, 0.15) is 12.4 Å². The summed E-state index contributed by atoms with van der Waals surface area (Å²) < 4.78 is 15.5. The van der Waals surface area contributed by atoms with Gasteiger partial charge < -0.3 is 10.2 Å². The van der Waals surface area contributed by atoms with E-state index in [0.29, 0.717) is 29.0 Å². The summed E-state index contributed by atoms with van der Waals surface area (Å²) in [6, 6.07) is 5.43. The molecule has 152 valence electrons. The van der Waals surface area contributed by atoms with E-state index in [2.05, 4.69) is 34.1 Å². The molecule has 9 heteroatoms. The lowest BCUT2D eigenvalue weighted by Gasteiger charge is -2.35. The molecule has 3 heterocycles. The van der Waals surface area contributed by atoms with E-state index >= 15 is 0 Å². The maximum absolute atomic E-state index is 13.0. The molecular weight excluding hydrogens is 375 g/mol. The molecule has 2 aromatic heterocycles. The number of rotatable bonds is 4. The van der Waals surface area contributed by atoms with Gasteiger partial charge in [-0.25, -0.2) is 23.3 Å². The van der Waals surface area contributed by atoms with Crippen molar-refractivity contribution in [3.63, 3.8) is 0 Å². The van der Waals surface area contributed by atoms with Gasteiger partial charge in [-0.15, -0.1) is 5.10 Å². The second-order valence-corrected chi connectivity index (χ2v) is 7.79. The zero-order valence-corrected chi connectivity index (χ0v) is 16.4. The van der Waals surface area contributed by atoms with Crippen LogP contribution in [0.4, 0.5) is 15.9 Å². The normalized spacial score (nSPS) is 19.5. The summed E-state index contributed by atoms with van der Waals surface area (Å²) in [5.41, 5.74) is 0.483. The highest BCUT2D eigenvalue weighted by atomic mass is 19.1. The van der Waals surface area contributed by atoms with Gasteiger partial charge in [-0.05, 0) is 42.5 Å². The van der Waals surface area contributed by atoms with Gasteiger partial charge in [0.2, 0.25) is 11.6 Å². The summed E-state index contributed by atoms with van der Waals surface area (Å²) >= 11 is 0. The first-order chi connectivity index (χ1) is 13.9. The highest BCUT2D eigenvalue weighted by Crippen LogP contribution is 2.26. The first-order valence-electron chi connectivity index (χ1n) is 9.65. The number of fused-ring (bicyclic) bond motifs is 1. The lowest BCUT2D eigenvalue weighted by molar-refractivity contribution is -0.117. The van der Waals surface area contributed by atoms with E-state index in [1.165, 1.54) is 28.7 Å². The fraction of sp³-hybridized carbons (Fsp3) is 0.400. The number of amides is 1. The number of nitrogens with one attached hydrogen (secondary N) is 1. The van der Waals surface area contributed by atoms with Crippen molar-refractivity contribution >= 4 is 23.1 Å². The standard InChI is InChI=1S/C20H23FN6O2/c1-13-9-14(2)11-25(10-13)18-19-24-27(20(29)26(19)8-7-22-18)12-17(28)23-16-5-3-15(21)4-6-16/h3-8,13-14H,9-12H2,1-2H3,(H,23,28). The van der Waals surface area contributed by atoms with Crippen molar-refractivity contribution in [1.29, 1.82) is 0 Å². The van der Waals surface area contributed by atoms with Gasteiger partial charge in [0.05, 0.1) is 0 Å². The molecule has 1 aliphatic heterocycles. The third-order valence-electron chi connectivity index (χ3n) is 5.07. The molecule has 1 saturated heterocycles. The Kier molecular flexibility index (Phi) is 5.04. The van der Waals surface area contributed by atoms with Crippen molar-refractivity contribution in [3.8, 4) is 0 Å². The molecule has 4 rings (SSSR count). The molecule has 0 saturated carbocycles. The van der Waals surface area contributed by atoms with Gasteiger partial charge in [0.25, 0.3) is 0 Å². The number of carbonyl (C=O) groups is 1. The first kappa shape index (κ1) is 19.1.